The van der Waals surface area contributed by atoms with Crippen molar-refractivity contribution in [3.05, 3.63) is 0 Å². The van der Waals surface area contributed by atoms with Crippen LogP contribution in [0.3, 0.4) is 0 Å². The quantitative estimate of drug-likeness (QED) is 0.772. The summed E-state index contributed by atoms with van der Waals surface area (Å²) in [4.78, 5) is 12.0. The molecule has 3 unspecified atom stereocenters. The van der Waals surface area contributed by atoms with Crippen molar-refractivity contribution >= 4 is 17.7 Å². The van der Waals surface area contributed by atoms with Crippen molar-refractivity contribution in [3.8, 4) is 0 Å². The van der Waals surface area contributed by atoms with Crippen LogP contribution >= 0.6 is 11.8 Å². The van der Waals surface area contributed by atoms with Gasteiger partial charge in [0.05, 0.1) is 6.04 Å². The van der Waals surface area contributed by atoms with E-state index in [1.165, 1.54) is 6.42 Å². The molecule has 1 heterocycles. The Hall–Kier alpha value is -0.220. The molecule has 3 atom stereocenters. The van der Waals surface area contributed by atoms with Crippen LogP contribution in [-0.4, -0.2) is 36.5 Å². The van der Waals surface area contributed by atoms with Gasteiger partial charge in [-0.05, 0) is 38.0 Å². The van der Waals surface area contributed by atoms with E-state index in [1.54, 1.807) is 11.8 Å². The van der Waals surface area contributed by atoms with Crippen LogP contribution in [0.4, 0.5) is 0 Å². The summed E-state index contributed by atoms with van der Waals surface area (Å²) in [5, 5.41) is 6.44. The number of carbonyl (C=O) groups excluding carboxylic acids is 1. The largest absolute Gasteiger partial charge is 0.351 e. The van der Waals surface area contributed by atoms with Gasteiger partial charge in [-0.15, -0.1) is 0 Å². The zero-order valence-electron chi connectivity index (χ0n) is 10.6. The topological polar surface area (TPSA) is 41.1 Å². The Morgan fingerprint density at radius 1 is 1.62 bits per heavy atom. The second-order valence-electron chi connectivity index (χ2n) is 4.71. The maximum Gasteiger partial charge on any atom is 0.237 e. The molecular weight excluding hydrogens is 220 g/mol. The summed E-state index contributed by atoms with van der Waals surface area (Å²) < 4.78 is 0. The predicted molar refractivity (Wildman–Crippen MR) is 70.8 cm³/mol. The lowest BCUT2D eigenvalue weighted by atomic mass is 9.94. The fourth-order valence-corrected chi connectivity index (χ4v) is 2.79. The van der Waals surface area contributed by atoms with Gasteiger partial charge < -0.3 is 10.6 Å². The van der Waals surface area contributed by atoms with Crippen LogP contribution in [-0.2, 0) is 4.79 Å². The van der Waals surface area contributed by atoms with Crippen molar-refractivity contribution in [1.29, 1.82) is 0 Å². The van der Waals surface area contributed by atoms with Crippen LogP contribution in [0.15, 0.2) is 0 Å². The van der Waals surface area contributed by atoms with E-state index in [9.17, 15) is 4.79 Å². The Kier molecular flexibility index (Phi) is 6.21. The molecule has 0 spiro atoms. The van der Waals surface area contributed by atoms with Crippen LogP contribution in [0.2, 0.25) is 0 Å². The number of hydrogen-bond acceptors (Lipinski definition) is 3. The van der Waals surface area contributed by atoms with Crippen molar-refractivity contribution in [2.75, 3.05) is 18.6 Å². The highest BCUT2D eigenvalue weighted by Crippen LogP contribution is 2.15. The first-order chi connectivity index (χ1) is 7.67. The molecule has 0 aliphatic carbocycles. The minimum atomic E-state index is 0.0275. The van der Waals surface area contributed by atoms with Gasteiger partial charge in [0.25, 0.3) is 0 Å². The second kappa shape index (κ2) is 7.17. The highest BCUT2D eigenvalue weighted by Gasteiger charge is 2.25. The molecule has 1 aliphatic rings. The fourth-order valence-electron chi connectivity index (χ4n) is 2.07. The summed E-state index contributed by atoms with van der Waals surface area (Å²) in [7, 11) is 0. The van der Waals surface area contributed by atoms with Crippen LogP contribution in [0, 0.1) is 5.92 Å². The summed E-state index contributed by atoms with van der Waals surface area (Å²) in [5.74, 6) is 1.86. The van der Waals surface area contributed by atoms with Crippen molar-refractivity contribution in [2.45, 2.75) is 45.2 Å². The SMILES string of the molecule is CCC(CSC)NC(=O)C1CC(C)CCN1. The molecule has 1 saturated heterocycles. The minimum absolute atomic E-state index is 0.0275. The van der Waals surface area contributed by atoms with Crippen molar-refractivity contribution in [3.63, 3.8) is 0 Å². The molecule has 2 N–H and O–H groups in total. The van der Waals surface area contributed by atoms with Gasteiger partial charge >= 0.3 is 0 Å². The third-order valence-electron chi connectivity index (χ3n) is 3.19. The van der Waals surface area contributed by atoms with E-state index in [0.29, 0.717) is 12.0 Å². The highest BCUT2D eigenvalue weighted by molar-refractivity contribution is 7.98. The molecule has 94 valence electrons. The Morgan fingerprint density at radius 3 is 2.94 bits per heavy atom. The molecule has 16 heavy (non-hydrogen) atoms. The molecule has 0 aromatic carbocycles. The maximum absolute atomic E-state index is 12.0. The molecule has 1 fully saturated rings. The van der Waals surface area contributed by atoms with Crippen LogP contribution in [0.5, 0.6) is 0 Å². The zero-order valence-corrected chi connectivity index (χ0v) is 11.4. The second-order valence-corrected chi connectivity index (χ2v) is 5.62. The summed E-state index contributed by atoms with van der Waals surface area (Å²) >= 11 is 1.79. The van der Waals surface area contributed by atoms with Gasteiger partial charge in [0.15, 0.2) is 0 Å². The Labute approximate surface area is 103 Å². The molecule has 1 aliphatic heterocycles. The molecule has 4 heteroatoms. The highest BCUT2D eigenvalue weighted by atomic mass is 32.2. The zero-order chi connectivity index (χ0) is 12.0. The molecule has 3 nitrogen and oxygen atoms in total. The summed E-state index contributed by atoms with van der Waals surface area (Å²) in [6, 6.07) is 0.348. The molecule has 0 saturated carbocycles. The van der Waals surface area contributed by atoms with Crippen LogP contribution in [0.1, 0.15) is 33.1 Å². The van der Waals surface area contributed by atoms with Crippen molar-refractivity contribution in [2.24, 2.45) is 5.92 Å². The molecule has 1 rings (SSSR count). The van der Waals surface area contributed by atoms with Gasteiger partial charge in [-0.3, -0.25) is 4.79 Å². The van der Waals surface area contributed by atoms with E-state index in [1.807, 2.05) is 0 Å². The van der Waals surface area contributed by atoms with E-state index < -0.39 is 0 Å². The maximum atomic E-state index is 12.0. The monoisotopic (exact) mass is 244 g/mol. The summed E-state index contributed by atoms with van der Waals surface area (Å²) in [6.07, 6.45) is 5.25. The smallest absolute Gasteiger partial charge is 0.237 e. The normalized spacial score (nSPS) is 27.4. The summed E-state index contributed by atoms with van der Waals surface area (Å²) in [5.41, 5.74) is 0. The van der Waals surface area contributed by atoms with Gasteiger partial charge in [-0.25, -0.2) is 0 Å². The van der Waals surface area contributed by atoms with Gasteiger partial charge in [0.1, 0.15) is 0 Å². The minimum Gasteiger partial charge on any atom is -0.351 e. The molecule has 0 radical (unpaired) electrons. The number of nitrogens with one attached hydrogen (secondary N) is 2. The molecule has 0 aromatic heterocycles. The van der Waals surface area contributed by atoms with E-state index in [-0.39, 0.29) is 11.9 Å². The van der Waals surface area contributed by atoms with E-state index >= 15 is 0 Å². The third kappa shape index (κ3) is 4.34. The number of carbonyl (C=O) groups is 1. The Morgan fingerprint density at radius 2 is 2.38 bits per heavy atom. The van der Waals surface area contributed by atoms with Crippen LogP contribution < -0.4 is 10.6 Å². The molecule has 0 bridgehead atoms. The number of piperidine rings is 1. The molecular formula is C12H24N2OS. The van der Waals surface area contributed by atoms with Gasteiger partial charge in [-0.1, -0.05) is 13.8 Å². The summed E-state index contributed by atoms with van der Waals surface area (Å²) in [6.45, 7) is 5.32. The molecule has 0 aromatic rings. The first-order valence-corrected chi connectivity index (χ1v) is 7.59. The van der Waals surface area contributed by atoms with E-state index in [4.69, 9.17) is 0 Å². The van der Waals surface area contributed by atoms with Crippen molar-refractivity contribution < 1.29 is 4.79 Å². The van der Waals surface area contributed by atoms with E-state index in [0.717, 1.165) is 25.1 Å². The lowest BCUT2D eigenvalue weighted by molar-refractivity contribution is -0.124. The number of rotatable bonds is 5. The van der Waals surface area contributed by atoms with Crippen molar-refractivity contribution in [1.82, 2.24) is 10.6 Å². The Bertz CT molecular complexity index is 223. The average Bonchev–Trinajstić information content (AvgIpc) is 2.28. The Balaban J connectivity index is 2.37. The number of amides is 1. The van der Waals surface area contributed by atoms with Gasteiger partial charge in [0, 0.05) is 11.8 Å². The fraction of sp³-hybridized carbons (Fsp3) is 0.917. The lowest BCUT2D eigenvalue weighted by Crippen LogP contribution is -2.51. The van der Waals surface area contributed by atoms with Gasteiger partial charge in [0.2, 0.25) is 5.91 Å². The number of thioether (sulfide) groups is 1. The van der Waals surface area contributed by atoms with Gasteiger partial charge in [-0.2, -0.15) is 11.8 Å². The first-order valence-electron chi connectivity index (χ1n) is 6.20. The molecule has 1 amide bonds. The number of hydrogen-bond donors (Lipinski definition) is 2. The first kappa shape index (κ1) is 13.8. The lowest BCUT2D eigenvalue weighted by Gasteiger charge is -2.28. The standard InChI is InChI=1S/C12H24N2OS/c1-4-10(8-16-3)14-12(15)11-7-9(2)5-6-13-11/h9-11,13H,4-8H2,1-3H3,(H,14,15). The predicted octanol–water partition coefficient (Wildman–Crippen LogP) is 1.63. The van der Waals surface area contributed by atoms with Crippen LogP contribution in [0.25, 0.3) is 0 Å². The third-order valence-corrected chi connectivity index (χ3v) is 3.93. The van der Waals surface area contributed by atoms with E-state index in [2.05, 4.69) is 30.7 Å². The average molecular weight is 244 g/mol.